The number of β-amino-alcohol motifs (C(OH)–C–C–N with tert-alkyl or cyclic N) is 1. The molecule has 0 saturated carbocycles. The van der Waals surface area contributed by atoms with Gasteiger partial charge in [-0.3, -0.25) is 14.6 Å². The van der Waals surface area contributed by atoms with Gasteiger partial charge in [0.05, 0.1) is 17.8 Å². The van der Waals surface area contributed by atoms with Gasteiger partial charge >= 0.3 is 0 Å². The van der Waals surface area contributed by atoms with Gasteiger partial charge in [-0.05, 0) is 43.9 Å². The Balaban J connectivity index is 1.39. The fourth-order valence-corrected chi connectivity index (χ4v) is 5.45. The van der Waals surface area contributed by atoms with Crippen molar-refractivity contribution in [1.82, 2.24) is 20.4 Å². The number of hydrogen-bond donors (Lipinski definition) is 2. The second-order valence-electron chi connectivity index (χ2n) is 10.8. The Labute approximate surface area is 222 Å². The van der Waals surface area contributed by atoms with Crippen LogP contribution in [0.5, 0.6) is 0 Å². The van der Waals surface area contributed by atoms with Crippen LogP contribution >= 0.6 is 0 Å². The number of aliphatic hydroxyl groups is 1. The first-order valence-electron chi connectivity index (χ1n) is 12.9. The van der Waals surface area contributed by atoms with Crippen molar-refractivity contribution in [3.63, 3.8) is 0 Å². The minimum Gasteiger partial charge on any atom is -0.391 e. The average Bonchev–Trinajstić information content (AvgIpc) is 3.57. The van der Waals surface area contributed by atoms with Crippen molar-refractivity contribution in [2.75, 3.05) is 6.54 Å². The van der Waals surface area contributed by atoms with Gasteiger partial charge in [-0.25, -0.2) is 0 Å². The van der Waals surface area contributed by atoms with E-state index in [1.165, 1.54) is 0 Å². The van der Waals surface area contributed by atoms with Crippen LogP contribution in [-0.4, -0.2) is 56.5 Å². The monoisotopic (exact) mass is 515 g/mol. The molecule has 2 aliphatic rings. The van der Waals surface area contributed by atoms with Crippen molar-refractivity contribution >= 4 is 17.6 Å². The predicted molar refractivity (Wildman–Crippen MR) is 142 cm³/mol. The first-order valence-corrected chi connectivity index (χ1v) is 12.9. The van der Waals surface area contributed by atoms with Gasteiger partial charge in [0, 0.05) is 36.5 Å². The number of aromatic nitrogens is 2. The third-order valence-electron chi connectivity index (χ3n) is 7.57. The first-order chi connectivity index (χ1) is 18.1. The molecule has 9 heteroatoms. The minimum absolute atomic E-state index is 0.0550. The maximum absolute atomic E-state index is 13.8. The van der Waals surface area contributed by atoms with Crippen LogP contribution in [0.3, 0.4) is 0 Å². The van der Waals surface area contributed by atoms with Crippen molar-refractivity contribution in [1.29, 1.82) is 0 Å². The molecule has 1 aromatic carbocycles. The van der Waals surface area contributed by atoms with Crippen molar-refractivity contribution in [3.05, 3.63) is 71.4 Å². The van der Waals surface area contributed by atoms with Crippen LogP contribution in [0.1, 0.15) is 55.8 Å². The Hall–Kier alpha value is -3.85. The molecule has 0 aliphatic carbocycles. The van der Waals surface area contributed by atoms with Crippen LogP contribution in [0.15, 0.2) is 58.2 Å². The molecular weight excluding hydrogens is 482 g/mol. The highest BCUT2D eigenvalue weighted by Crippen LogP contribution is 2.34. The van der Waals surface area contributed by atoms with Crippen LogP contribution in [0.25, 0.3) is 11.1 Å². The van der Waals surface area contributed by atoms with E-state index in [1.54, 1.807) is 24.1 Å². The lowest BCUT2D eigenvalue weighted by Gasteiger charge is -2.31. The molecule has 1 fully saturated rings. The van der Waals surface area contributed by atoms with E-state index in [1.807, 2.05) is 64.1 Å². The molecule has 9 nitrogen and oxygen atoms in total. The van der Waals surface area contributed by atoms with E-state index in [-0.39, 0.29) is 24.3 Å². The number of amidine groups is 1. The molecule has 4 heterocycles. The summed E-state index contributed by atoms with van der Waals surface area (Å²) < 4.78 is 5.45. The van der Waals surface area contributed by atoms with E-state index < -0.39 is 23.6 Å². The fourth-order valence-electron chi connectivity index (χ4n) is 5.45. The number of aryl methyl sites for hydroxylation is 2. The normalized spacial score (nSPS) is 24.0. The van der Waals surface area contributed by atoms with E-state index in [2.05, 4.69) is 20.4 Å². The molecule has 0 radical (unpaired) electrons. The van der Waals surface area contributed by atoms with E-state index in [0.29, 0.717) is 23.7 Å². The predicted octanol–water partition coefficient (Wildman–Crippen LogP) is 3.50. The van der Waals surface area contributed by atoms with Crippen LogP contribution in [-0.2, 0) is 15.1 Å². The SMILES string of the molecule is Cc1cc([C@@H](C(=O)N2C[C@H](O)C[C@H]2C2=NC(=O)[C@](C)(c3ccc(-c4cccnc4C)cc3)N2)C(C)C)on1. The summed E-state index contributed by atoms with van der Waals surface area (Å²) in [5, 5.41) is 17.8. The van der Waals surface area contributed by atoms with Crippen molar-refractivity contribution in [2.45, 2.75) is 64.6 Å². The minimum atomic E-state index is -1.08. The number of nitrogens with one attached hydrogen (secondary N) is 1. The standard InChI is InChI=1S/C29H33N5O4/c1-16(2)25(24-13-17(3)33-38-24)27(36)34-15-21(35)14-23(34)26-31-28(37)29(5,32-26)20-10-8-19(9-11-20)22-7-6-12-30-18(22)4/h6-13,16,21,23,25,35H,14-15H2,1-5H3,(H,31,32,37)/t21-,23+,25+,29+/m1/s1. The molecular formula is C29H33N5O4. The smallest absolute Gasteiger partial charge is 0.277 e. The van der Waals surface area contributed by atoms with Gasteiger partial charge in [0.15, 0.2) is 0 Å². The van der Waals surface area contributed by atoms with Crippen LogP contribution < -0.4 is 5.32 Å². The Morgan fingerprint density at radius 2 is 1.95 bits per heavy atom. The summed E-state index contributed by atoms with van der Waals surface area (Å²) in [5.41, 5.74) is 3.34. The highest BCUT2D eigenvalue weighted by atomic mass is 16.5. The molecule has 198 valence electrons. The van der Waals surface area contributed by atoms with E-state index >= 15 is 0 Å². The molecule has 3 aromatic rings. The maximum Gasteiger partial charge on any atom is 0.277 e. The molecule has 0 spiro atoms. The van der Waals surface area contributed by atoms with Crippen molar-refractivity contribution in [3.8, 4) is 11.1 Å². The molecule has 2 amide bonds. The summed E-state index contributed by atoms with van der Waals surface area (Å²) in [6.07, 6.45) is 1.33. The topological polar surface area (TPSA) is 121 Å². The zero-order valence-corrected chi connectivity index (χ0v) is 22.3. The summed E-state index contributed by atoms with van der Waals surface area (Å²) in [5.74, 6) is -0.242. The lowest BCUT2D eigenvalue weighted by atomic mass is 9.90. The quantitative estimate of drug-likeness (QED) is 0.515. The van der Waals surface area contributed by atoms with Crippen LogP contribution in [0.2, 0.25) is 0 Å². The van der Waals surface area contributed by atoms with E-state index in [9.17, 15) is 14.7 Å². The van der Waals surface area contributed by atoms with Crippen molar-refractivity contribution in [2.24, 2.45) is 10.9 Å². The lowest BCUT2D eigenvalue weighted by Crippen LogP contribution is -2.51. The Morgan fingerprint density at radius 3 is 2.58 bits per heavy atom. The number of hydrogen-bond acceptors (Lipinski definition) is 7. The molecule has 0 unspecified atom stereocenters. The van der Waals surface area contributed by atoms with Gasteiger partial charge < -0.3 is 19.8 Å². The summed E-state index contributed by atoms with van der Waals surface area (Å²) >= 11 is 0. The van der Waals surface area contributed by atoms with E-state index in [0.717, 1.165) is 22.4 Å². The highest BCUT2D eigenvalue weighted by Gasteiger charge is 2.48. The number of carbonyl (C=O) groups is 2. The third-order valence-corrected chi connectivity index (χ3v) is 7.57. The molecule has 5 rings (SSSR count). The number of carbonyl (C=O) groups excluding carboxylic acids is 2. The number of likely N-dealkylation sites (tertiary alicyclic amines) is 1. The Morgan fingerprint density at radius 1 is 1.21 bits per heavy atom. The number of aliphatic imine (C=N–C) groups is 1. The number of amides is 2. The Kier molecular flexibility index (Phi) is 6.65. The van der Waals surface area contributed by atoms with Gasteiger partial charge in [0.1, 0.15) is 23.1 Å². The number of benzene rings is 1. The molecule has 4 atom stereocenters. The second kappa shape index (κ2) is 9.79. The van der Waals surface area contributed by atoms with E-state index in [4.69, 9.17) is 4.52 Å². The molecule has 1 saturated heterocycles. The lowest BCUT2D eigenvalue weighted by molar-refractivity contribution is -0.134. The van der Waals surface area contributed by atoms with Gasteiger partial charge in [-0.2, -0.15) is 4.99 Å². The van der Waals surface area contributed by atoms with Gasteiger partial charge in [-0.1, -0.05) is 49.3 Å². The summed E-state index contributed by atoms with van der Waals surface area (Å²) in [6, 6.07) is 12.9. The zero-order valence-electron chi connectivity index (χ0n) is 22.3. The fraction of sp³-hybridized carbons (Fsp3) is 0.414. The Bertz CT molecular complexity index is 1400. The molecule has 2 aromatic heterocycles. The largest absolute Gasteiger partial charge is 0.391 e. The number of aliphatic hydroxyl groups excluding tert-OH is 1. The summed E-state index contributed by atoms with van der Waals surface area (Å²) in [4.78, 5) is 37.4. The first kappa shape index (κ1) is 25.8. The summed E-state index contributed by atoms with van der Waals surface area (Å²) in [6.45, 7) is 9.62. The zero-order chi connectivity index (χ0) is 27.2. The summed E-state index contributed by atoms with van der Waals surface area (Å²) in [7, 11) is 0. The van der Waals surface area contributed by atoms with Gasteiger partial charge in [0.25, 0.3) is 5.91 Å². The maximum atomic E-state index is 13.8. The van der Waals surface area contributed by atoms with Gasteiger partial charge in [0.2, 0.25) is 5.91 Å². The second-order valence-corrected chi connectivity index (χ2v) is 10.8. The number of rotatable bonds is 6. The third kappa shape index (κ3) is 4.51. The molecule has 38 heavy (non-hydrogen) atoms. The average molecular weight is 516 g/mol. The number of pyridine rings is 1. The number of nitrogens with zero attached hydrogens (tertiary/aromatic N) is 4. The highest BCUT2D eigenvalue weighted by molar-refractivity contribution is 6.09. The van der Waals surface area contributed by atoms with Crippen molar-refractivity contribution < 1.29 is 19.2 Å². The molecule has 2 aliphatic heterocycles. The van der Waals surface area contributed by atoms with Crippen LogP contribution in [0.4, 0.5) is 0 Å². The van der Waals surface area contributed by atoms with Gasteiger partial charge in [-0.15, -0.1) is 0 Å². The van der Waals surface area contributed by atoms with Crippen LogP contribution in [0, 0.1) is 19.8 Å². The molecule has 2 N–H and O–H groups in total. The molecule has 0 bridgehead atoms.